The zero-order chi connectivity index (χ0) is 19.6. The molecule has 0 atom stereocenters. The van der Waals surface area contributed by atoms with Crippen molar-refractivity contribution in [2.75, 3.05) is 45.6 Å². The Balaban J connectivity index is 2.35. The third-order valence-electron chi connectivity index (χ3n) is 3.26. The summed E-state index contributed by atoms with van der Waals surface area (Å²) in [4.78, 5) is 20.9. The number of hydrogen-bond donors (Lipinski definition) is 3. The molecule has 0 unspecified atom stereocenters. The van der Waals surface area contributed by atoms with E-state index in [1.165, 1.54) is 11.0 Å². The van der Waals surface area contributed by atoms with Crippen molar-refractivity contribution in [2.24, 2.45) is 4.99 Å². The molecule has 7 nitrogen and oxygen atoms in total. The second kappa shape index (κ2) is 10.5. The van der Waals surface area contributed by atoms with E-state index < -0.39 is 11.7 Å². The topological polar surface area (TPSA) is 81.7 Å². The highest BCUT2D eigenvalue weighted by Gasteiger charge is 2.30. The minimum absolute atomic E-state index is 0.0516. The van der Waals surface area contributed by atoms with Crippen LogP contribution in [-0.4, -0.2) is 62.0 Å². The Morgan fingerprint density at radius 2 is 1.96 bits per heavy atom. The zero-order valence-electron chi connectivity index (χ0n) is 15.2. The maximum atomic E-state index is 12.5. The molecule has 1 heterocycles. The normalized spacial score (nSPS) is 11.8. The van der Waals surface area contributed by atoms with Crippen molar-refractivity contribution in [3.05, 3.63) is 23.9 Å². The molecule has 10 heteroatoms. The summed E-state index contributed by atoms with van der Waals surface area (Å²) in [6, 6.07) is 2.29. The predicted octanol–water partition coefficient (Wildman–Crippen LogP) is 1.55. The number of nitrogens with zero attached hydrogens (tertiary/aromatic N) is 3. The van der Waals surface area contributed by atoms with E-state index in [9.17, 15) is 18.0 Å². The van der Waals surface area contributed by atoms with Gasteiger partial charge in [-0.25, -0.2) is 9.98 Å². The van der Waals surface area contributed by atoms with Crippen molar-refractivity contribution in [1.82, 2.24) is 20.5 Å². The number of aliphatic imine (C=N–C) groups is 1. The molecular weight excluding hydrogens is 349 g/mol. The van der Waals surface area contributed by atoms with E-state index in [0.29, 0.717) is 37.8 Å². The Morgan fingerprint density at radius 1 is 1.23 bits per heavy atom. The molecule has 0 spiro atoms. The molecule has 0 aromatic carbocycles. The standard InChI is InChI=1S/C16H25F3N6O/c1-4-20-15(24-11-14(26)25(2)3)22-9-5-8-21-13-7-6-12(10-23-13)16(17,18)19/h6-7,10H,4-5,8-9,11H2,1-3H3,(H,21,23)(H2,20,22,24). The number of alkyl halides is 3. The van der Waals surface area contributed by atoms with Crippen LogP contribution in [0.5, 0.6) is 0 Å². The number of likely N-dealkylation sites (N-methyl/N-ethyl adjacent to an activating group) is 1. The van der Waals surface area contributed by atoms with Gasteiger partial charge >= 0.3 is 6.18 Å². The molecule has 0 aliphatic rings. The largest absolute Gasteiger partial charge is 0.417 e. The fourth-order valence-electron chi connectivity index (χ4n) is 1.81. The van der Waals surface area contributed by atoms with Crippen LogP contribution in [0.4, 0.5) is 19.0 Å². The van der Waals surface area contributed by atoms with Gasteiger partial charge in [0.25, 0.3) is 0 Å². The number of nitrogens with one attached hydrogen (secondary N) is 3. The Labute approximate surface area is 151 Å². The third-order valence-corrected chi connectivity index (χ3v) is 3.26. The van der Waals surface area contributed by atoms with Crippen LogP contribution in [0.15, 0.2) is 23.3 Å². The van der Waals surface area contributed by atoms with Gasteiger partial charge in [-0.05, 0) is 25.5 Å². The zero-order valence-corrected chi connectivity index (χ0v) is 15.2. The lowest BCUT2D eigenvalue weighted by molar-refractivity contribution is -0.137. The number of amides is 1. The first-order valence-electron chi connectivity index (χ1n) is 8.23. The number of aromatic nitrogens is 1. The van der Waals surface area contributed by atoms with Crippen molar-refractivity contribution in [3.63, 3.8) is 0 Å². The van der Waals surface area contributed by atoms with E-state index in [4.69, 9.17) is 0 Å². The summed E-state index contributed by atoms with van der Waals surface area (Å²) < 4.78 is 37.4. The maximum Gasteiger partial charge on any atom is 0.417 e. The lowest BCUT2D eigenvalue weighted by Gasteiger charge is -2.13. The molecule has 1 rings (SSSR count). The first-order valence-corrected chi connectivity index (χ1v) is 8.23. The average molecular weight is 374 g/mol. The summed E-state index contributed by atoms with van der Waals surface area (Å²) in [5.74, 6) is 0.822. The summed E-state index contributed by atoms with van der Waals surface area (Å²) in [5, 5.41) is 9.08. The van der Waals surface area contributed by atoms with Gasteiger partial charge in [-0.3, -0.25) is 4.79 Å². The number of pyridine rings is 1. The van der Waals surface area contributed by atoms with Gasteiger partial charge in [-0.15, -0.1) is 0 Å². The number of hydrogen-bond acceptors (Lipinski definition) is 4. The van der Waals surface area contributed by atoms with Crippen molar-refractivity contribution < 1.29 is 18.0 Å². The lowest BCUT2D eigenvalue weighted by atomic mass is 10.3. The first kappa shape index (κ1) is 21.5. The smallest absolute Gasteiger partial charge is 0.370 e. The van der Waals surface area contributed by atoms with Crippen LogP contribution in [0, 0.1) is 0 Å². The lowest BCUT2D eigenvalue weighted by Crippen LogP contribution is -2.39. The number of carbonyl (C=O) groups is 1. The van der Waals surface area contributed by atoms with Crippen molar-refractivity contribution in [1.29, 1.82) is 0 Å². The highest BCUT2D eigenvalue weighted by molar-refractivity contribution is 5.84. The number of guanidine groups is 1. The van der Waals surface area contributed by atoms with Crippen molar-refractivity contribution >= 4 is 17.7 Å². The molecule has 0 bridgehead atoms. The SMILES string of the molecule is CCNC(=NCC(=O)N(C)C)NCCCNc1ccc(C(F)(F)F)cn1. The monoisotopic (exact) mass is 374 g/mol. The van der Waals surface area contributed by atoms with Crippen LogP contribution < -0.4 is 16.0 Å². The minimum Gasteiger partial charge on any atom is -0.370 e. The molecule has 0 saturated carbocycles. The molecule has 3 N–H and O–H groups in total. The molecule has 26 heavy (non-hydrogen) atoms. The van der Waals surface area contributed by atoms with Crippen LogP contribution >= 0.6 is 0 Å². The Bertz CT molecular complexity index is 587. The molecule has 1 aromatic rings. The summed E-state index contributed by atoms with van der Waals surface area (Å²) in [6.07, 6.45) is -2.89. The minimum atomic E-state index is -4.38. The average Bonchev–Trinajstić information content (AvgIpc) is 2.58. The number of carbonyl (C=O) groups excluding carboxylic acids is 1. The number of halogens is 3. The van der Waals surface area contributed by atoms with Gasteiger partial charge in [0.1, 0.15) is 12.4 Å². The van der Waals surface area contributed by atoms with Crippen molar-refractivity contribution in [3.8, 4) is 0 Å². The van der Waals surface area contributed by atoms with E-state index >= 15 is 0 Å². The van der Waals surface area contributed by atoms with Gasteiger partial charge in [-0.1, -0.05) is 0 Å². The molecule has 1 amide bonds. The number of anilines is 1. The highest BCUT2D eigenvalue weighted by Crippen LogP contribution is 2.28. The Kier molecular flexibility index (Phi) is 8.66. The van der Waals surface area contributed by atoms with Crippen LogP contribution in [0.25, 0.3) is 0 Å². The molecule has 146 valence electrons. The quantitative estimate of drug-likeness (QED) is 0.365. The summed E-state index contributed by atoms with van der Waals surface area (Å²) in [7, 11) is 3.33. The van der Waals surface area contributed by atoms with Gasteiger partial charge in [-0.2, -0.15) is 13.2 Å². The van der Waals surface area contributed by atoms with Crippen LogP contribution in [0.2, 0.25) is 0 Å². The van der Waals surface area contributed by atoms with E-state index in [1.54, 1.807) is 14.1 Å². The molecular formula is C16H25F3N6O. The fraction of sp³-hybridized carbons (Fsp3) is 0.562. The van der Waals surface area contributed by atoms with Crippen LogP contribution in [0.3, 0.4) is 0 Å². The first-order chi connectivity index (χ1) is 12.2. The van der Waals surface area contributed by atoms with Gasteiger partial charge in [0.15, 0.2) is 5.96 Å². The van der Waals surface area contributed by atoms with E-state index in [0.717, 1.165) is 12.3 Å². The summed E-state index contributed by atoms with van der Waals surface area (Å²) in [5.41, 5.74) is -0.775. The molecule has 0 radical (unpaired) electrons. The molecule has 1 aromatic heterocycles. The van der Waals surface area contributed by atoms with E-state index in [1.807, 2.05) is 6.92 Å². The second-order valence-corrected chi connectivity index (χ2v) is 5.62. The maximum absolute atomic E-state index is 12.5. The summed E-state index contributed by atoms with van der Waals surface area (Å²) >= 11 is 0. The molecule has 0 aliphatic heterocycles. The Morgan fingerprint density at radius 3 is 2.50 bits per heavy atom. The van der Waals surface area contributed by atoms with Gasteiger partial charge < -0.3 is 20.9 Å². The van der Waals surface area contributed by atoms with E-state index in [-0.39, 0.29) is 12.5 Å². The third kappa shape index (κ3) is 8.04. The van der Waals surface area contributed by atoms with Gasteiger partial charge in [0.05, 0.1) is 5.56 Å². The number of rotatable bonds is 8. The molecule has 0 fully saturated rings. The van der Waals surface area contributed by atoms with Gasteiger partial charge in [0, 0.05) is 39.9 Å². The molecule has 0 saturated heterocycles. The van der Waals surface area contributed by atoms with Crippen LogP contribution in [-0.2, 0) is 11.0 Å². The van der Waals surface area contributed by atoms with Crippen LogP contribution in [0.1, 0.15) is 18.9 Å². The summed E-state index contributed by atoms with van der Waals surface area (Å²) in [6.45, 7) is 3.74. The molecule has 0 aliphatic carbocycles. The fourth-order valence-corrected chi connectivity index (χ4v) is 1.81. The van der Waals surface area contributed by atoms with E-state index in [2.05, 4.69) is 25.9 Å². The highest BCUT2D eigenvalue weighted by atomic mass is 19.4. The van der Waals surface area contributed by atoms with Gasteiger partial charge in [0.2, 0.25) is 5.91 Å². The second-order valence-electron chi connectivity index (χ2n) is 5.62. The van der Waals surface area contributed by atoms with Crippen molar-refractivity contribution in [2.45, 2.75) is 19.5 Å². The Hall–Kier alpha value is -2.52. The predicted molar refractivity (Wildman–Crippen MR) is 95.0 cm³/mol.